The monoisotopic (exact) mass is 415 g/mol. The number of nitrogen functional groups attached to an aromatic ring is 1. The number of nitrogens with one attached hydrogen (secondary N) is 1. The normalized spacial score (nSPS) is 12.5. The van der Waals surface area contributed by atoms with Gasteiger partial charge in [-0.15, -0.1) is 0 Å². The zero-order valence-corrected chi connectivity index (χ0v) is 18.3. The predicted octanol–water partition coefficient (Wildman–Crippen LogP) is 5.10. The number of nitrogens with zero attached hydrogens (tertiary/aromatic N) is 3. The third kappa shape index (κ3) is 4.24. The van der Waals surface area contributed by atoms with E-state index in [-0.39, 0.29) is 11.9 Å². The number of aromatic nitrogens is 3. The van der Waals surface area contributed by atoms with E-state index in [1.54, 1.807) is 0 Å². The molecule has 0 aliphatic carbocycles. The van der Waals surface area contributed by atoms with E-state index in [2.05, 4.69) is 19.2 Å². The van der Waals surface area contributed by atoms with E-state index in [9.17, 15) is 4.79 Å². The van der Waals surface area contributed by atoms with Crippen LogP contribution < -0.4 is 11.1 Å². The summed E-state index contributed by atoms with van der Waals surface area (Å²) in [5, 5.41) is 3.12. The second kappa shape index (κ2) is 8.76. The number of benzene rings is 2. The van der Waals surface area contributed by atoms with Gasteiger partial charge in [-0.05, 0) is 43.5 Å². The Bertz CT molecular complexity index is 1210. The van der Waals surface area contributed by atoms with Crippen LogP contribution in [0.4, 0.5) is 5.82 Å². The highest BCUT2D eigenvalue weighted by Gasteiger charge is 2.25. The number of carbonyl (C=O) groups excluding carboxylic acids is 1. The Morgan fingerprint density at radius 1 is 0.968 bits per heavy atom. The van der Waals surface area contributed by atoms with Crippen molar-refractivity contribution < 1.29 is 4.79 Å². The molecule has 4 rings (SSSR count). The van der Waals surface area contributed by atoms with Gasteiger partial charge in [-0.1, -0.05) is 57.0 Å². The molecule has 0 saturated carbocycles. The molecule has 6 heteroatoms. The topological polar surface area (TPSA) is 85.8 Å². The van der Waals surface area contributed by atoms with Gasteiger partial charge in [0.05, 0.1) is 11.0 Å². The lowest BCUT2D eigenvalue weighted by atomic mass is 10.0. The molecule has 0 aliphatic heterocycles. The van der Waals surface area contributed by atoms with Crippen LogP contribution in [0, 0.1) is 5.92 Å². The SMILES string of the molecule is CC(C)CCCC(C)NC(=O)c1c(N)n(-c2ccccc2)c2nc3ccccc3nc12. The Morgan fingerprint density at radius 3 is 2.29 bits per heavy atom. The van der Waals surface area contributed by atoms with Gasteiger partial charge >= 0.3 is 0 Å². The zero-order chi connectivity index (χ0) is 22.0. The Kier molecular flexibility index (Phi) is 5.89. The van der Waals surface area contributed by atoms with Crippen molar-refractivity contribution in [3.8, 4) is 5.69 Å². The first kappa shape index (κ1) is 20.8. The molecule has 31 heavy (non-hydrogen) atoms. The van der Waals surface area contributed by atoms with Crippen molar-refractivity contribution in [3.05, 3.63) is 60.2 Å². The lowest BCUT2D eigenvalue weighted by Gasteiger charge is -2.14. The number of para-hydroxylation sites is 3. The van der Waals surface area contributed by atoms with Crippen molar-refractivity contribution in [2.45, 2.75) is 46.1 Å². The summed E-state index contributed by atoms with van der Waals surface area (Å²) in [6.45, 7) is 6.46. The Hall–Kier alpha value is -3.41. The molecule has 6 nitrogen and oxygen atoms in total. The van der Waals surface area contributed by atoms with E-state index < -0.39 is 0 Å². The summed E-state index contributed by atoms with van der Waals surface area (Å²) in [6, 6.07) is 17.4. The second-order valence-electron chi connectivity index (χ2n) is 8.51. The standard InChI is InChI=1S/C25H29N5O/c1-16(2)10-9-11-17(3)27-25(31)21-22-24(29-20-15-8-7-14-19(20)28-22)30(23(21)26)18-12-5-4-6-13-18/h4-8,12-17H,9-11,26H2,1-3H3,(H,27,31). The van der Waals surface area contributed by atoms with E-state index in [0.29, 0.717) is 28.5 Å². The second-order valence-corrected chi connectivity index (χ2v) is 8.51. The number of hydrogen-bond donors (Lipinski definition) is 2. The maximum absolute atomic E-state index is 13.3. The first-order valence-electron chi connectivity index (χ1n) is 10.9. The van der Waals surface area contributed by atoms with Crippen molar-refractivity contribution in [1.82, 2.24) is 19.9 Å². The molecule has 0 aliphatic rings. The molecule has 1 atom stereocenters. The molecular formula is C25H29N5O. The Morgan fingerprint density at radius 2 is 1.61 bits per heavy atom. The van der Waals surface area contributed by atoms with Crippen molar-refractivity contribution in [1.29, 1.82) is 0 Å². The first-order valence-corrected chi connectivity index (χ1v) is 10.9. The summed E-state index contributed by atoms with van der Waals surface area (Å²) < 4.78 is 1.81. The van der Waals surface area contributed by atoms with Crippen LogP contribution in [0.3, 0.4) is 0 Å². The van der Waals surface area contributed by atoms with Gasteiger partial charge < -0.3 is 11.1 Å². The molecule has 3 N–H and O–H groups in total. The molecule has 160 valence electrons. The molecule has 2 heterocycles. The average molecular weight is 416 g/mol. The van der Waals surface area contributed by atoms with Crippen LogP contribution in [0.1, 0.15) is 50.4 Å². The molecular weight excluding hydrogens is 386 g/mol. The van der Waals surface area contributed by atoms with Crippen LogP contribution in [-0.2, 0) is 0 Å². The maximum atomic E-state index is 13.3. The van der Waals surface area contributed by atoms with Crippen LogP contribution in [0.15, 0.2) is 54.6 Å². The van der Waals surface area contributed by atoms with E-state index >= 15 is 0 Å². The summed E-state index contributed by atoms with van der Waals surface area (Å²) >= 11 is 0. The van der Waals surface area contributed by atoms with Crippen molar-refractivity contribution in [2.75, 3.05) is 5.73 Å². The van der Waals surface area contributed by atoms with Crippen molar-refractivity contribution in [3.63, 3.8) is 0 Å². The third-order valence-corrected chi connectivity index (χ3v) is 5.54. The number of fused-ring (bicyclic) bond motifs is 2. The van der Waals surface area contributed by atoms with Crippen LogP contribution >= 0.6 is 0 Å². The molecule has 4 aromatic rings. The Balaban J connectivity index is 1.78. The minimum Gasteiger partial charge on any atom is -0.384 e. The number of amides is 1. The van der Waals surface area contributed by atoms with Gasteiger partial charge in [0.15, 0.2) is 5.65 Å². The summed E-state index contributed by atoms with van der Waals surface area (Å²) in [5.41, 5.74) is 10.4. The van der Waals surface area contributed by atoms with Gasteiger partial charge in [0.1, 0.15) is 16.9 Å². The molecule has 0 saturated heterocycles. The Labute approximate surface area is 182 Å². The summed E-state index contributed by atoms with van der Waals surface area (Å²) in [6.07, 6.45) is 3.15. The fourth-order valence-electron chi connectivity index (χ4n) is 3.92. The highest BCUT2D eigenvalue weighted by atomic mass is 16.1. The van der Waals surface area contributed by atoms with Gasteiger partial charge in [0.2, 0.25) is 0 Å². The van der Waals surface area contributed by atoms with Crippen molar-refractivity contribution >= 4 is 33.9 Å². The lowest BCUT2D eigenvalue weighted by molar-refractivity contribution is 0.0940. The van der Waals surface area contributed by atoms with E-state index in [4.69, 9.17) is 15.7 Å². The zero-order valence-electron chi connectivity index (χ0n) is 18.3. The predicted molar refractivity (Wildman–Crippen MR) is 126 cm³/mol. The largest absolute Gasteiger partial charge is 0.384 e. The first-order chi connectivity index (χ1) is 15.0. The smallest absolute Gasteiger partial charge is 0.257 e. The van der Waals surface area contributed by atoms with Crippen molar-refractivity contribution in [2.24, 2.45) is 5.92 Å². The van der Waals surface area contributed by atoms with Gasteiger partial charge in [-0.2, -0.15) is 0 Å². The van der Waals surface area contributed by atoms with Gasteiger partial charge in [0, 0.05) is 11.7 Å². The summed E-state index contributed by atoms with van der Waals surface area (Å²) in [7, 11) is 0. The molecule has 0 radical (unpaired) electrons. The van der Waals surface area contributed by atoms with E-state index in [1.807, 2.05) is 66.1 Å². The maximum Gasteiger partial charge on any atom is 0.257 e. The van der Waals surface area contributed by atoms with Gasteiger partial charge in [0.25, 0.3) is 5.91 Å². The number of nitrogens with two attached hydrogens (primary N) is 1. The van der Waals surface area contributed by atoms with E-state index in [1.165, 1.54) is 0 Å². The minimum atomic E-state index is -0.209. The number of anilines is 1. The molecule has 0 spiro atoms. The third-order valence-electron chi connectivity index (χ3n) is 5.54. The fourth-order valence-corrected chi connectivity index (χ4v) is 3.92. The minimum absolute atomic E-state index is 0.0502. The lowest BCUT2D eigenvalue weighted by Crippen LogP contribution is -2.33. The van der Waals surface area contributed by atoms with Crippen LogP contribution in [0.5, 0.6) is 0 Å². The number of rotatable bonds is 7. The van der Waals surface area contributed by atoms with Crippen LogP contribution in [-0.4, -0.2) is 26.5 Å². The molecule has 2 aromatic heterocycles. The number of hydrogen-bond acceptors (Lipinski definition) is 4. The van der Waals surface area contributed by atoms with Gasteiger partial charge in [-0.3, -0.25) is 9.36 Å². The molecule has 1 amide bonds. The molecule has 0 bridgehead atoms. The van der Waals surface area contributed by atoms with Crippen LogP contribution in [0.2, 0.25) is 0 Å². The quantitative estimate of drug-likeness (QED) is 0.440. The van der Waals surface area contributed by atoms with Crippen LogP contribution in [0.25, 0.3) is 27.9 Å². The summed E-state index contributed by atoms with van der Waals surface area (Å²) in [5.74, 6) is 0.799. The van der Waals surface area contributed by atoms with Gasteiger partial charge in [-0.25, -0.2) is 9.97 Å². The average Bonchev–Trinajstić information content (AvgIpc) is 3.03. The molecule has 1 unspecified atom stereocenters. The summed E-state index contributed by atoms with van der Waals surface area (Å²) in [4.78, 5) is 22.9. The number of carbonyl (C=O) groups is 1. The highest BCUT2D eigenvalue weighted by Crippen LogP contribution is 2.31. The highest BCUT2D eigenvalue weighted by molar-refractivity contribution is 6.11. The molecule has 2 aromatic carbocycles. The molecule has 0 fully saturated rings. The van der Waals surface area contributed by atoms with E-state index in [0.717, 1.165) is 36.0 Å². The fraction of sp³-hybridized carbons (Fsp3) is 0.320.